The van der Waals surface area contributed by atoms with E-state index in [9.17, 15) is 0 Å². The van der Waals surface area contributed by atoms with Crippen LogP contribution in [0.4, 0.5) is 0 Å². The first-order valence-corrected chi connectivity index (χ1v) is 17.6. The van der Waals surface area contributed by atoms with Gasteiger partial charge in [-0.3, -0.25) is 0 Å². The second kappa shape index (κ2) is 12.6. The zero-order chi connectivity index (χ0) is 35.3. The van der Waals surface area contributed by atoms with Gasteiger partial charge in [0.1, 0.15) is 16.9 Å². The molecule has 0 bridgehead atoms. The first-order valence-electron chi connectivity index (χ1n) is 17.6. The first kappa shape index (κ1) is 30.7. The smallest absolute Gasteiger partial charge is 0.164 e. The number of aromatic nitrogens is 3. The van der Waals surface area contributed by atoms with E-state index in [2.05, 4.69) is 103 Å². The lowest BCUT2D eigenvalue weighted by atomic mass is 9.97. The number of rotatable bonds is 6. The van der Waals surface area contributed by atoms with Crippen LogP contribution < -0.4 is 4.74 Å². The third-order valence-corrected chi connectivity index (χ3v) is 10.0. The van der Waals surface area contributed by atoms with Gasteiger partial charge in [-0.15, -0.1) is 0 Å². The van der Waals surface area contributed by atoms with Crippen LogP contribution >= 0.6 is 0 Å². The molecular weight excluding hydrogens is 651 g/mol. The Morgan fingerprint density at radius 1 is 0.396 bits per heavy atom. The fourth-order valence-corrected chi connectivity index (χ4v) is 7.41. The lowest BCUT2D eigenvalue weighted by Gasteiger charge is -2.12. The van der Waals surface area contributed by atoms with Crippen LogP contribution in [0.2, 0.25) is 0 Å². The third-order valence-electron chi connectivity index (χ3n) is 10.0. The quantitative estimate of drug-likeness (QED) is 0.163. The van der Waals surface area contributed by atoms with Crippen LogP contribution in [0, 0.1) is 0 Å². The zero-order valence-corrected chi connectivity index (χ0v) is 28.8. The molecule has 5 heteroatoms. The predicted molar refractivity (Wildman–Crippen MR) is 216 cm³/mol. The Hall–Kier alpha value is -7.11. The van der Waals surface area contributed by atoms with Gasteiger partial charge in [-0.05, 0) is 68.6 Å². The second-order valence-corrected chi connectivity index (χ2v) is 13.2. The standard InChI is InChI=1S/C48H31N3O2/c1-52-44-29-34(21-25-39(44)30-11-4-2-5-12-30)33-23-26-42-41(28-33)45-40(17-10-18-43(45)53-42)48-50-46(32-14-6-3-7-15-32)49-47(51-48)36-22-24-38-35(27-36)20-19-31-13-8-9-16-37(31)38/h2-29H,1H3. The zero-order valence-electron chi connectivity index (χ0n) is 28.8. The number of fused-ring (bicyclic) bond motifs is 6. The van der Waals surface area contributed by atoms with E-state index in [1.165, 1.54) is 16.2 Å². The van der Waals surface area contributed by atoms with Crippen LogP contribution in [-0.4, -0.2) is 22.1 Å². The van der Waals surface area contributed by atoms with Crippen molar-refractivity contribution in [1.29, 1.82) is 0 Å². The second-order valence-electron chi connectivity index (χ2n) is 13.2. The van der Waals surface area contributed by atoms with Gasteiger partial charge in [-0.2, -0.15) is 0 Å². The van der Waals surface area contributed by atoms with E-state index in [1.54, 1.807) is 7.11 Å². The van der Waals surface area contributed by atoms with E-state index < -0.39 is 0 Å². The Morgan fingerprint density at radius 3 is 1.89 bits per heavy atom. The fourth-order valence-electron chi connectivity index (χ4n) is 7.41. The Morgan fingerprint density at radius 2 is 1.06 bits per heavy atom. The molecule has 0 aliphatic rings. The van der Waals surface area contributed by atoms with Gasteiger partial charge in [0.2, 0.25) is 0 Å². The van der Waals surface area contributed by atoms with Crippen molar-refractivity contribution in [3.8, 4) is 62.2 Å². The number of nitrogens with zero attached hydrogens (tertiary/aromatic N) is 3. The van der Waals surface area contributed by atoms with Gasteiger partial charge in [-0.25, -0.2) is 15.0 Å². The maximum Gasteiger partial charge on any atom is 0.164 e. The molecule has 0 radical (unpaired) electrons. The number of furan rings is 1. The van der Waals surface area contributed by atoms with Gasteiger partial charge in [0.15, 0.2) is 17.5 Å². The minimum absolute atomic E-state index is 0.583. The molecule has 0 aliphatic heterocycles. The molecule has 0 fully saturated rings. The molecule has 0 atom stereocenters. The number of hydrogen-bond donors (Lipinski definition) is 0. The van der Waals surface area contributed by atoms with E-state index >= 15 is 0 Å². The summed E-state index contributed by atoms with van der Waals surface area (Å²) in [5.41, 5.74) is 8.55. The molecule has 2 aromatic heterocycles. The third kappa shape index (κ3) is 5.38. The highest BCUT2D eigenvalue weighted by molar-refractivity contribution is 6.13. The fraction of sp³-hybridized carbons (Fsp3) is 0.0208. The molecule has 0 N–H and O–H groups in total. The number of ether oxygens (including phenoxy) is 1. The molecule has 5 nitrogen and oxygen atoms in total. The molecule has 250 valence electrons. The largest absolute Gasteiger partial charge is 0.496 e. The maximum absolute atomic E-state index is 6.44. The van der Waals surface area contributed by atoms with E-state index in [1.807, 2.05) is 66.7 Å². The lowest BCUT2D eigenvalue weighted by molar-refractivity contribution is 0.416. The van der Waals surface area contributed by atoms with Crippen molar-refractivity contribution >= 4 is 43.5 Å². The van der Waals surface area contributed by atoms with Gasteiger partial charge in [0.05, 0.1) is 7.11 Å². The molecule has 2 heterocycles. The molecule has 53 heavy (non-hydrogen) atoms. The molecule has 0 saturated carbocycles. The molecule has 10 aromatic rings. The van der Waals surface area contributed by atoms with Gasteiger partial charge >= 0.3 is 0 Å². The molecule has 0 spiro atoms. The number of hydrogen-bond acceptors (Lipinski definition) is 5. The van der Waals surface area contributed by atoms with Crippen LogP contribution in [0.25, 0.3) is 99.9 Å². The Balaban J connectivity index is 1.14. The van der Waals surface area contributed by atoms with E-state index in [-0.39, 0.29) is 0 Å². The highest BCUT2D eigenvalue weighted by atomic mass is 16.5. The van der Waals surface area contributed by atoms with Gasteiger partial charge in [-0.1, -0.05) is 140 Å². The normalized spacial score (nSPS) is 11.5. The predicted octanol–water partition coefficient (Wildman–Crippen LogP) is 12.4. The Kier molecular flexibility index (Phi) is 7.29. The summed E-state index contributed by atoms with van der Waals surface area (Å²) in [4.78, 5) is 15.3. The van der Waals surface area contributed by atoms with Crippen LogP contribution in [0.5, 0.6) is 5.75 Å². The SMILES string of the molecule is COc1cc(-c2ccc3oc4cccc(-c5nc(-c6ccccc6)nc(-c6ccc7c(ccc8ccccc87)c6)n5)c4c3c2)ccc1-c1ccccc1. The summed E-state index contributed by atoms with van der Waals surface area (Å²) in [5.74, 6) is 2.62. The van der Waals surface area contributed by atoms with E-state index in [0.717, 1.165) is 72.0 Å². The first-order chi connectivity index (χ1) is 26.2. The summed E-state index contributed by atoms with van der Waals surface area (Å²) in [5, 5.41) is 6.71. The molecule has 8 aromatic carbocycles. The molecule has 0 unspecified atom stereocenters. The average molecular weight is 682 g/mol. The lowest BCUT2D eigenvalue weighted by Crippen LogP contribution is -2.00. The van der Waals surface area contributed by atoms with Gasteiger partial charge in [0, 0.05) is 33.0 Å². The summed E-state index contributed by atoms with van der Waals surface area (Å²) in [7, 11) is 1.72. The summed E-state index contributed by atoms with van der Waals surface area (Å²) in [6, 6.07) is 58.4. The summed E-state index contributed by atoms with van der Waals surface area (Å²) >= 11 is 0. The van der Waals surface area contributed by atoms with Crippen LogP contribution in [-0.2, 0) is 0 Å². The van der Waals surface area contributed by atoms with Crippen molar-refractivity contribution in [3.63, 3.8) is 0 Å². The highest BCUT2D eigenvalue weighted by Crippen LogP contribution is 2.40. The monoisotopic (exact) mass is 681 g/mol. The van der Waals surface area contributed by atoms with Crippen LogP contribution in [0.3, 0.4) is 0 Å². The van der Waals surface area contributed by atoms with Crippen molar-refractivity contribution in [3.05, 3.63) is 170 Å². The van der Waals surface area contributed by atoms with Crippen molar-refractivity contribution in [2.75, 3.05) is 7.11 Å². The van der Waals surface area contributed by atoms with E-state index in [4.69, 9.17) is 24.1 Å². The highest BCUT2D eigenvalue weighted by Gasteiger charge is 2.19. The Labute approximate surface area is 305 Å². The summed E-state index contributed by atoms with van der Waals surface area (Å²) in [6.45, 7) is 0. The number of benzene rings is 8. The minimum Gasteiger partial charge on any atom is -0.496 e. The molecule has 0 aliphatic carbocycles. The van der Waals surface area contributed by atoms with Crippen molar-refractivity contribution in [2.24, 2.45) is 0 Å². The minimum atomic E-state index is 0.583. The molecular formula is C48H31N3O2. The maximum atomic E-state index is 6.44. The van der Waals surface area contributed by atoms with Crippen molar-refractivity contribution < 1.29 is 9.15 Å². The van der Waals surface area contributed by atoms with Crippen molar-refractivity contribution in [2.45, 2.75) is 0 Å². The summed E-state index contributed by atoms with van der Waals surface area (Å²) < 4.78 is 12.3. The van der Waals surface area contributed by atoms with Crippen LogP contribution in [0.15, 0.2) is 174 Å². The topological polar surface area (TPSA) is 61.0 Å². The van der Waals surface area contributed by atoms with Gasteiger partial charge in [0.25, 0.3) is 0 Å². The van der Waals surface area contributed by atoms with E-state index in [0.29, 0.717) is 17.5 Å². The van der Waals surface area contributed by atoms with Crippen molar-refractivity contribution in [1.82, 2.24) is 15.0 Å². The summed E-state index contributed by atoms with van der Waals surface area (Å²) in [6.07, 6.45) is 0. The number of methoxy groups -OCH3 is 1. The average Bonchev–Trinajstić information content (AvgIpc) is 3.62. The molecule has 0 saturated heterocycles. The van der Waals surface area contributed by atoms with Gasteiger partial charge < -0.3 is 9.15 Å². The molecule has 0 amide bonds. The van der Waals surface area contributed by atoms with Crippen LogP contribution in [0.1, 0.15) is 0 Å². The molecule has 10 rings (SSSR count). The Bertz CT molecular complexity index is 2990.